The normalized spacial score (nSPS) is 14.8. The molecule has 178 valence electrons. The molecule has 3 aromatic rings. The molecular weight excluding hydrogens is 604 g/mol. The van der Waals surface area contributed by atoms with E-state index < -0.39 is 17.8 Å². The molecular formula is C25H17Br2ClN2O5. The first-order valence-electron chi connectivity index (χ1n) is 10.2. The van der Waals surface area contributed by atoms with E-state index >= 15 is 0 Å². The van der Waals surface area contributed by atoms with E-state index in [-0.39, 0.29) is 12.2 Å². The molecule has 35 heavy (non-hydrogen) atoms. The van der Waals surface area contributed by atoms with Crippen LogP contribution in [0.15, 0.2) is 75.2 Å². The molecule has 7 nitrogen and oxygen atoms in total. The minimum absolute atomic E-state index is 0.191. The number of hydrogen-bond donors (Lipinski definition) is 1. The van der Waals surface area contributed by atoms with Crippen LogP contribution in [0.5, 0.6) is 11.5 Å². The summed E-state index contributed by atoms with van der Waals surface area (Å²) in [4.78, 5) is 38.9. The lowest BCUT2D eigenvalue weighted by atomic mass is 10.1. The number of hydrogen-bond acceptors (Lipinski definition) is 5. The van der Waals surface area contributed by atoms with Gasteiger partial charge < -0.3 is 9.47 Å². The Kier molecular flexibility index (Phi) is 7.59. The van der Waals surface area contributed by atoms with Gasteiger partial charge in [0, 0.05) is 10.6 Å². The summed E-state index contributed by atoms with van der Waals surface area (Å²) in [5.41, 5.74) is 1.48. The Bertz CT molecular complexity index is 1340. The minimum Gasteiger partial charge on any atom is -0.497 e. The van der Waals surface area contributed by atoms with Crippen molar-refractivity contribution in [1.82, 2.24) is 5.32 Å². The molecule has 10 heteroatoms. The van der Waals surface area contributed by atoms with E-state index in [1.54, 1.807) is 42.5 Å². The number of ether oxygens (including phenoxy) is 2. The number of carbonyl (C=O) groups excluding carboxylic acids is 3. The number of rotatable bonds is 6. The number of barbiturate groups is 1. The fraction of sp³-hybridized carbons (Fsp3) is 0.0800. The number of halogens is 3. The van der Waals surface area contributed by atoms with Gasteiger partial charge >= 0.3 is 6.03 Å². The maximum absolute atomic E-state index is 13.1. The van der Waals surface area contributed by atoms with E-state index in [2.05, 4.69) is 37.2 Å². The van der Waals surface area contributed by atoms with Crippen LogP contribution < -0.4 is 19.7 Å². The minimum atomic E-state index is -0.826. The van der Waals surface area contributed by atoms with Crippen molar-refractivity contribution in [2.75, 3.05) is 12.0 Å². The van der Waals surface area contributed by atoms with Crippen molar-refractivity contribution in [1.29, 1.82) is 0 Å². The second kappa shape index (κ2) is 10.6. The summed E-state index contributed by atoms with van der Waals surface area (Å²) in [6, 6.07) is 16.3. The predicted octanol–water partition coefficient (Wildman–Crippen LogP) is 6.12. The number of amides is 4. The molecule has 1 aliphatic heterocycles. The standard InChI is InChI=1S/C25H17Br2ClN2O5/c1-34-17-8-6-16(7-9-17)30-24(32)18(23(31)29-25(30)33)10-14-11-19(26)22(20(27)12-14)35-13-15-4-2-3-5-21(15)28/h2-12H,13H2,1H3,(H,29,31,33)/b18-10+. The number of nitrogens with one attached hydrogen (secondary N) is 1. The first kappa shape index (κ1) is 25.0. The van der Waals surface area contributed by atoms with E-state index in [0.717, 1.165) is 10.5 Å². The molecule has 1 aliphatic rings. The summed E-state index contributed by atoms with van der Waals surface area (Å²) in [6.45, 7) is 0.247. The number of imide groups is 2. The van der Waals surface area contributed by atoms with Crippen LogP contribution in [0.4, 0.5) is 10.5 Å². The first-order chi connectivity index (χ1) is 16.8. The number of carbonyl (C=O) groups is 3. The zero-order valence-electron chi connectivity index (χ0n) is 18.2. The van der Waals surface area contributed by atoms with E-state index in [4.69, 9.17) is 21.1 Å². The Morgan fingerprint density at radius 3 is 2.29 bits per heavy atom. The van der Waals surface area contributed by atoms with Gasteiger partial charge in [0.25, 0.3) is 11.8 Å². The van der Waals surface area contributed by atoms with Crippen LogP contribution in [0.3, 0.4) is 0 Å². The number of benzene rings is 3. The van der Waals surface area contributed by atoms with Crippen molar-refractivity contribution >= 4 is 73.1 Å². The maximum Gasteiger partial charge on any atom is 0.335 e. The summed E-state index contributed by atoms with van der Waals surface area (Å²) in [6.07, 6.45) is 1.41. The number of nitrogens with zero attached hydrogens (tertiary/aromatic N) is 1. The SMILES string of the molecule is COc1ccc(N2C(=O)NC(=O)/C(=C\c3cc(Br)c(OCc4ccccc4Cl)c(Br)c3)C2=O)cc1. The highest BCUT2D eigenvalue weighted by atomic mass is 79.9. The van der Waals surface area contributed by atoms with Gasteiger partial charge in [0.1, 0.15) is 23.7 Å². The summed E-state index contributed by atoms with van der Waals surface area (Å²) in [7, 11) is 1.51. The molecule has 1 N–H and O–H groups in total. The molecule has 0 unspecified atom stereocenters. The molecule has 4 amide bonds. The van der Waals surface area contributed by atoms with Crippen molar-refractivity contribution in [3.05, 3.63) is 91.3 Å². The number of methoxy groups -OCH3 is 1. The highest BCUT2D eigenvalue weighted by molar-refractivity contribution is 9.11. The molecule has 0 aromatic heterocycles. The van der Waals surface area contributed by atoms with Crippen LogP contribution in [0, 0.1) is 0 Å². The molecule has 0 radical (unpaired) electrons. The van der Waals surface area contributed by atoms with Gasteiger partial charge in [-0.2, -0.15) is 0 Å². The number of urea groups is 1. The van der Waals surface area contributed by atoms with Gasteiger partial charge in [0.05, 0.1) is 21.7 Å². The summed E-state index contributed by atoms with van der Waals surface area (Å²) in [5.74, 6) is -0.426. The van der Waals surface area contributed by atoms with Crippen molar-refractivity contribution in [3.8, 4) is 11.5 Å². The molecule has 0 atom stereocenters. The van der Waals surface area contributed by atoms with Gasteiger partial charge in [-0.05, 0) is 86.0 Å². The maximum atomic E-state index is 13.1. The molecule has 0 bridgehead atoms. The Balaban J connectivity index is 1.60. The van der Waals surface area contributed by atoms with Gasteiger partial charge in [-0.3, -0.25) is 14.9 Å². The second-order valence-electron chi connectivity index (χ2n) is 7.35. The molecule has 4 rings (SSSR count). The lowest BCUT2D eigenvalue weighted by Gasteiger charge is -2.26. The van der Waals surface area contributed by atoms with Crippen molar-refractivity contribution < 1.29 is 23.9 Å². The van der Waals surface area contributed by atoms with Crippen LogP contribution in [0.2, 0.25) is 5.02 Å². The zero-order valence-corrected chi connectivity index (χ0v) is 22.1. The third kappa shape index (κ3) is 5.42. The Hall–Kier alpha value is -3.14. The van der Waals surface area contributed by atoms with Crippen molar-refractivity contribution in [3.63, 3.8) is 0 Å². The second-order valence-corrected chi connectivity index (χ2v) is 9.47. The number of anilines is 1. The third-order valence-corrected chi connectivity index (χ3v) is 6.64. The van der Waals surface area contributed by atoms with Crippen LogP contribution in [0.25, 0.3) is 6.08 Å². The van der Waals surface area contributed by atoms with Gasteiger partial charge in [0.15, 0.2) is 0 Å². The first-order valence-corrected chi connectivity index (χ1v) is 12.2. The molecule has 1 saturated heterocycles. The highest BCUT2D eigenvalue weighted by Crippen LogP contribution is 2.36. The smallest absolute Gasteiger partial charge is 0.335 e. The topological polar surface area (TPSA) is 84.9 Å². The summed E-state index contributed by atoms with van der Waals surface area (Å²) >= 11 is 13.2. The lowest BCUT2D eigenvalue weighted by Crippen LogP contribution is -2.54. The van der Waals surface area contributed by atoms with Crippen LogP contribution in [-0.4, -0.2) is 25.0 Å². The van der Waals surface area contributed by atoms with Crippen LogP contribution >= 0.6 is 43.5 Å². The average Bonchev–Trinajstić information content (AvgIpc) is 2.82. The molecule has 1 fully saturated rings. The Morgan fingerprint density at radius 1 is 1.00 bits per heavy atom. The average molecular weight is 621 g/mol. The predicted molar refractivity (Wildman–Crippen MR) is 140 cm³/mol. The molecule has 0 aliphatic carbocycles. The molecule has 3 aromatic carbocycles. The fourth-order valence-electron chi connectivity index (χ4n) is 3.36. The molecule has 0 spiro atoms. The van der Waals surface area contributed by atoms with E-state index in [1.165, 1.54) is 13.2 Å². The van der Waals surface area contributed by atoms with Gasteiger partial charge in [-0.15, -0.1) is 0 Å². The van der Waals surface area contributed by atoms with Crippen LogP contribution in [0.1, 0.15) is 11.1 Å². The van der Waals surface area contributed by atoms with Gasteiger partial charge in [-0.25, -0.2) is 9.69 Å². The van der Waals surface area contributed by atoms with Gasteiger partial charge in [-0.1, -0.05) is 29.8 Å². The molecule has 1 heterocycles. The zero-order chi connectivity index (χ0) is 25.1. The fourth-order valence-corrected chi connectivity index (χ4v) is 5.00. The Morgan fingerprint density at radius 2 is 1.66 bits per heavy atom. The highest BCUT2D eigenvalue weighted by Gasteiger charge is 2.36. The largest absolute Gasteiger partial charge is 0.497 e. The van der Waals surface area contributed by atoms with Crippen molar-refractivity contribution in [2.45, 2.75) is 6.61 Å². The third-order valence-electron chi connectivity index (χ3n) is 5.09. The quantitative estimate of drug-likeness (QED) is 0.265. The summed E-state index contributed by atoms with van der Waals surface area (Å²) in [5, 5.41) is 2.80. The Labute approximate surface area is 222 Å². The van der Waals surface area contributed by atoms with Crippen LogP contribution in [-0.2, 0) is 16.2 Å². The van der Waals surface area contributed by atoms with E-state index in [1.807, 2.05) is 18.2 Å². The van der Waals surface area contributed by atoms with Gasteiger partial charge in [0.2, 0.25) is 0 Å². The molecule has 0 saturated carbocycles. The monoisotopic (exact) mass is 618 g/mol. The summed E-state index contributed by atoms with van der Waals surface area (Å²) < 4.78 is 12.2. The van der Waals surface area contributed by atoms with E-state index in [0.29, 0.717) is 36.7 Å². The van der Waals surface area contributed by atoms with Crippen molar-refractivity contribution in [2.24, 2.45) is 0 Å². The van der Waals surface area contributed by atoms with E-state index in [9.17, 15) is 14.4 Å². The lowest BCUT2D eigenvalue weighted by molar-refractivity contribution is -0.122.